The van der Waals surface area contributed by atoms with E-state index in [1.165, 1.54) is 11.3 Å². The molecule has 0 aliphatic rings. The second kappa shape index (κ2) is 10.2. The molecule has 172 valence electrons. The van der Waals surface area contributed by atoms with Crippen molar-refractivity contribution in [3.8, 4) is 22.8 Å². The van der Waals surface area contributed by atoms with E-state index in [1.54, 1.807) is 26.4 Å². The molecule has 0 unspecified atom stereocenters. The Balaban J connectivity index is 1.57. The summed E-state index contributed by atoms with van der Waals surface area (Å²) in [4.78, 5) is 17.9. The largest absolute Gasteiger partial charge is 0.493 e. The molecule has 3 aromatic carbocycles. The lowest BCUT2D eigenvalue weighted by atomic mass is 10.1. The van der Waals surface area contributed by atoms with Crippen LogP contribution in [0, 0.1) is 10.1 Å². The minimum atomic E-state index is -0.356. The quantitative estimate of drug-likeness (QED) is 0.210. The fourth-order valence-corrected chi connectivity index (χ4v) is 4.24. The third kappa shape index (κ3) is 4.92. The topological polar surface area (TPSA) is 77.7 Å². The number of rotatable bonds is 8. The normalized spacial score (nSPS) is 10.9. The highest BCUT2D eigenvalue weighted by atomic mass is 32.1. The number of para-hydroxylation sites is 1. The highest BCUT2D eigenvalue weighted by Crippen LogP contribution is 2.35. The first kappa shape index (κ1) is 23.0. The second-order valence-electron chi connectivity index (χ2n) is 7.37. The number of hydrogen-bond acceptors (Lipinski definition) is 7. The molecule has 0 spiro atoms. The van der Waals surface area contributed by atoms with E-state index in [0.29, 0.717) is 17.2 Å². The van der Waals surface area contributed by atoms with E-state index in [4.69, 9.17) is 9.47 Å². The van der Waals surface area contributed by atoms with Crippen molar-refractivity contribution in [3.05, 3.63) is 92.8 Å². The van der Waals surface area contributed by atoms with Crippen LogP contribution in [0.5, 0.6) is 11.5 Å². The van der Waals surface area contributed by atoms with Gasteiger partial charge in [-0.2, -0.15) is 0 Å². The molecule has 8 heteroatoms. The van der Waals surface area contributed by atoms with Crippen molar-refractivity contribution < 1.29 is 14.4 Å². The lowest BCUT2D eigenvalue weighted by Crippen LogP contribution is -2.11. The number of benzene rings is 3. The fourth-order valence-electron chi connectivity index (χ4n) is 3.52. The van der Waals surface area contributed by atoms with Crippen molar-refractivity contribution in [2.45, 2.75) is 0 Å². The SMILES string of the molecule is COc1ccc(-c2csc(C=Cc3ccc(N(C)c4ccccc4)c([N+](=O)[O-])c3)n2)cc1OC. The van der Waals surface area contributed by atoms with Crippen LogP contribution >= 0.6 is 11.3 Å². The Labute approximate surface area is 201 Å². The molecule has 0 radical (unpaired) electrons. The van der Waals surface area contributed by atoms with E-state index in [0.717, 1.165) is 27.5 Å². The van der Waals surface area contributed by atoms with Crippen LogP contribution in [0.15, 0.2) is 72.1 Å². The van der Waals surface area contributed by atoms with Gasteiger partial charge in [0.1, 0.15) is 10.7 Å². The number of anilines is 2. The molecule has 0 saturated heterocycles. The highest BCUT2D eigenvalue weighted by Gasteiger charge is 2.18. The van der Waals surface area contributed by atoms with Gasteiger partial charge in [-0.25, -0.2) is 4.98 Å². The van der Waals surface area contributed by atoms with Gasteiger partial charge in [-0.05, 0) is 48.0 Å². The number of nitro benzene ring substituents is 1. The first-order valence-electron chi connectivity index (χ1n) is 10.4. The van der Waals surface area contributed by atoms with Gasteiger partial charge in [0.2, 0.25) is 0 Å². The number of ether oxygens (including phenoxy) is 2. The zero-order valence-corrected chi connectivity index (χ0v) is 19.8. The molecule has 0 fully saturated rings. The first-order chi connectivity index (χ1) is 16.5. The van der Waals surface area contributed by atoms with Gasteiger partial charge in [0.25, 0.3) is 5.69 Å². The van der Waals surface area contributed by atoms with Crippen LogP contribution < -0.4 is 14.4 Å². The van der Waals surface area contributed by atoms with E-state index in [1.807, 2.05) is 84.1 Å². The molecule has 0 aliphatic carbocycles. The third-order valence-corrected chi connectivity index (χ3v) is 6.13. The van der Waals surface area contributed by atoms with Crippen molar-refractivity contribution >= 4 is 40.6 Å². The van der Waals surface area contributed by atoms with Crippen LogP contribution in [-0.2, 0) is 0 Å². The standard InChI is InChI=1S/C26H23N3O4S/c1-28(20-7-5-4-6-8-20)22-12-9-18(15-23(22)29(30)31)10-14-26-27-21(17-34-26)19-11-13-24(32-2)25(16-19)33-3/h4-17H,1-3H3. The molecule has 0 atom stereocenters. The second-order valence-corrected chi connectivity index (χ2v) is 8.26. The number of nitro groups is 1. The minimum absolute atomic E-state index is 0.0404. The monoisotopic (exact) mass is 473 g/mol. The van der Waals surface area contributed by atoms with Crippen LogP contribution in [0.25, 0.3) is 23.4 Å². The Kier molecular flexibility index (Phi) is 6.89. The molecule has 4 rings (SSSR count). The summed E-state index contributed by atoms with van der Waals surface area (Å²) < 4.78 is 10.7. The van der Waals surface area contributed by atoms with Gasteiger partial charge in [-0.15, -0.1) is 11.3 Å². The summed E-state index contributed by atoms with van der Waals surface area (Å²) in [7, 11) is 5.01. The number of nitrogens with zero attached hydrogens (tertiary/aromatic N) is 3. The van der Waals surface area contributed by atoms with Gasteiger partial charge in [0.15, 0.2) is 11.5 Å². The average molecular weight is 474 g/mol. The molecule has 7 nitrogen and oxygen atoms in total. The van der Waals surface area contributed by atoms with Crippen molar-refractivity contribution in [1.29, 1.82) is 0 Å². The summed E-state index contributed by atoms with van der Waals surface area (Å²) in [6.45, 7) is 0. The van der Waals surface area contributed by atoms with E-state index in [-0.39, 0.29) is 10.6 Å². The van der Waals surface area contributed by atoms with Gasteiger partial charge in [0, 0.05) is 29.7 Å². The van der Waals surface area contributed by atoms with Gasteiger partial charge < -0.3 is 14.4 Å². The maximum Gasteiger partial charge on any atom is 0.293 e. The molecule has 0 bridgehead atoms. The summed E-state index contributed by atoms with van der Waals surface area (Å²) in [5.74, 6) is 1.29. The van der Waals surface area contributed by atoms with Crippen LogP contribution in [0.4, 0.5) is 17.1 Å². The number of methoxy groups -OCH3 is 2. The van der Waals surface area contributed by atoms with Crippen LogP contribution in [0.3, 0.4) is 0 Å². The van der Waals surface area contributed by atoms with Crippen molar-refractivity contribution in [3.63, 3.8) is 0 Å². The van der Waals surface area contributed by atoms with Crippen LogP contribution in [-0.4, -0.2) is 31.2 Å². The molecule has 1 aromatic heterocycles. The molecule has 0 aliphatic heterocycles. The van der Waals surface area contributed by atoms with Crippen LogP contribution in [0.1, 0.15) is 10.6 Å². The molecule has 1 heterocycles. The summed E-state index contributed by atoms with van der Waals surface area (Å²) in [5, 5.41) is 14.5. The lowest BCUT2D eigenvalue weighted by molar-refractivity contribution is -0.384. The van der Waals surface area contributed by atoms with Gasteiger partial charge >= 0.3 is 0 Å². The maximum absolute atomic E-state index is 11.8. The van der Waals surface area contributed by atoms with E-state index in [9.17, 15) is 10.1 Å². The van der Waals surface area contributed by atoms with E-state index >= 15 is 0 Å². The van der Waals surface area contributed by atoms with Crippen LogP contribution in [0.2, 0.25) is 0 Å². The van der Waals surface area contributed by atoms with Gasteiger partial charge in [-0.1, -0.05) is 30.3 Å². The molecule has 4 aromatic rings. The Bertz CT molecular complexity index is 1340. The number of aromatic nitrogens is 1. The summed E-state index contributed by atoms with van der Waals surface area (Å²) in [6, 6.07) is 20.4. The zero-order chi connectivity index (χ0) is 24.1. The smallest absolute Gasteiger partial charge is 0.293 e. The Morgan fingerprint density at radius 1 is 0.971 bits per heavy atom. The summed E-state index contributed by atoms with van der Waals surface area (Å²) in [5.41, 5.74) is 3.89. The Morgan fingerprint density at radius 3 is 2.44 bits per heavy atom. The van der Waals surface area contributed by atoms with Gasteiger partial charge in [0.05, 0.1) is 24.8 Å². The molecule has 0 N–H and O–H groups in total. The number of hydrogen-bond donors (Lipinski definition) is 0. The maximum atomic E-state index is 11.8. The average Bonchev–Trinajstić information content (AvgIpc) is 3.36. The summed E-state index contributed by atoms with van der Waals surface area (Å²) >= 11 is 1.49. The Morgan fingerprint density at radius 2 is 1.74 bits per heavy atom. The molecule has 0 saturated carbocycles. The predicted octanol–water partition coefficient (Wildman–Crippen LogP) is 6.67. The highest BCUT2D eigenvalue weighted by molar-refractivity contribution is 7.10. The van der Waals surface area contributed by atoms with Crippen molar-refractivity contribution in [2.24, 2.45) is 0 Å². The fraction of sp³-hybridized carbons (Fsp3) is 0.115. The van der Waals surface area contributed by atoms with Crippen molar-refractivity contribution in [2.75, 3.05) is 26.2 Å². The first-order valence-corrected chi connectivity index (χ1v) is 11.3. The van der Waals surface area contributed by atoms with E-state index in [2.05, 4.69) is 4.98 Å². The lowest BCUT2D eigenvalue weighted by Gasteiger charge is -2.19. The Hall–Kier alpha value is -4.17. The van der Waals surface area contributed by atoms with E-state index < -0.39 is 0 Å². The molecule has 34 heavy (non-hydrogen) atoms. The number of thiazole rings is 1. The predicted molar refractivity (Wildman–Crippen MR) is 137 cm³/mol. The summed E-state index contributed by atoms with van der Waals surface area (Å²) in [6.07, 6.45) is 3.69. The van der Waals surface area contributed by atoms with Crippen molar-refractivity contribution in [1.82, 2.24) is 4.98 Å². The van der Waals surface area contributed by atoms with Gasteiger partial charge in [-0.3, -0.25) is 10.1 Å². The molecule has 0 amide bonds. The third-order valence-electron chi connectivity index (χ3n) is 5.32. The molecular formula is C26H23N3O4S. The molecular weight excluding hydrogens is 450 g/mol. The minimum Gasteiger partial charge on any atom is -0.493 e. The zero-order valence-electron chi connectivity index (χ0n) is 19.0.